The van der Waals surface area contributed by atoms with E-state index in [2.05, 4.69) is 19.2 Å². The Morgan fingerprint density at radius 2 is 1.09 bits per heavy atom. The molecule has 0 radical (unpaired) electrons. The molecule has 0 aromatic carbocycles. The fraction of sp³-hybridized carbons (Fsp3) is 1.00. The number of nitrogens with two attached hydrogens (primary N) is 2. The topological polar surface area (TPSA) is 64.1 Å². The van der Waals surface area contributed by atoms with Crippen LogP contribution in [0.5, 0.6) is 0 Å². The standard InChI is InChI=1S/C8H21N3/c1-5(9)7(3)11-8(4)6(2)10/h5-8,11H,9-10H2,1-4H3/t5?,6?,7-,8?/m0/s1. The first-order chi connectivity index (χ1) is 4.95. The number of hydrogen-bond acceptors (Lipinski definition) is 3. The summed E-state index contributed by atoms with van der Waals surface area (Å²) in [6.45, 7) is 8.13. The highest BCUT2D eigenvalue weighted by Crippen LogP contribution is 1.93. The van der Waals surface area contributed by atoms with Crippen molar-refractivity contribution >= 4 is 0 Å². The molecular weight excluding hydrogens is 138 g/mol. The normalized spacial score (nSPS) is 22.4. The fourth-order valence-electron chi connectivity index (χ4n) is 0.718. The maximum atomic E-state index is 5.68. The molecule has 3 heteroatoms. The van der Waals surface area contributed by atoms with E-state index in [1.165, 1.54) is 0 Å². The number of hydrogen-bond donors (Lipinski definition) is 3. The molecule has 3 unspecified atom stereocenters. The molecule has 0 bridgehead atoms. The van der Waals surface area contributed by atoms with Gasteiger partial charge in [-0.1, -0.05) is 0 Å². The van der Waals surface area contributed by atoms with Crippen LogP contribution < -0.4 is 16.8 Å². The molecule has 0 aliphatic heterocycles. The molecule has 0 aromatic rings. The lowest BCUT2D eigenvalue weighted by Crippen LogP contribution is -2.50. The second-order valence-corrected chi connectivity index (χ2v) is 3.46. The van der Waals surface area contributed by atoms with E-state index in [1.807, 2.05) is 13.8 Å². The van der Waals surface area contributed by atoms with Crippen LogP contribution in [0.15, 0.2) is 0 Å². The first kappa shape index (κ1) is 10.9. The highest BCUT2D eigenvalue weighted by atomic mass is 15.0. The van der Waals surface area contributed by atoms with E-state index < -0.39 is 0 Å². The quantitative estimate of drug-likeness (QED) is 0.543. The first-order valence-corrected chi connectivity index (χ1v) is 4.22. The van der Waals surface area contributed by atoms with Gasteiger partial charge in [-0.05, 0) is 27.7 Å². The van der Waals surface area contributed by atoms with Crippen molar-refractivity contribution < 1.29 is 0 Å². The predicted molar refractivity (Wildman–Crippen MR) is 49.4 cm³/mol. The summed E-state index contributed by atoms with van der Waals surface area (Å²) in [5, 5.41) is 3.33. The van der Waals surface area contributed by atoms with E-state index in [-0.39, 0.29) is 12.1 Å². The number of rotatable bonds is 4. The van der Waals surface area contributed by atoms with Crippen LogP contribution in [0.1, 0.15) is 27.7 Å². The maximum Gasteiger partial charge on any atom is 0.0191 e. The third kappa shape index (κ3) is 4.35. The molecule has 5 N–H and O–H groups in total. The Morgan fingerprint density at radius 3 is 1.27 bits per heavy atom. The lowest BCUT2D eigenvalue weighted by Gasteiger charge is -2.24. The summed E-state index contributed by atoms with van der Waals surface area (Å²) in [4.78, 5) is 0. The summed E-state index contributed by atoms with van der Waals surface area (Å²) in [6.07, 6.45) is 0. The van der Waals surface area contributed by atoms with Crippen molar-refractivity contribution in [1.82, 2.24) is 5.32 Å². The Hall–Kier alpha value is -0.120. The summed E-state index contributed by atoms with van der Waals surface area (Å²) in [7, 11) is 0. The summed E-state index contributed by atoms with van der Waals surface area (Å²) in [5.74, 6) is 0. The SMILES string of the molecule is CC(N)C(C)N[C@@H](C)C(C)N. The molecule has 0 rings (SSSR count). The molecule has 0 aliphatic carbocycles. The van der Waals surface area contributed by atoms with E-state index in [9.17, 15) is 0 Å². The molecule has 3 nitrogen and oxygen atoms in total. The van der Waals surface area contributed by atoms with Gasteiger partial charge in [0.15, 0.2) is 0 Å². The van der Waals surface area contributed by atoms with E-state index in [0.29, 0.717) is 12.1 Å². The van der Waals surface area contributed by atoms with Crippen molar-refractivity contribution in [3.05, 3.63) is 0 Å². The predicted octanol–water partition coefficient (Wildman–Crippen LogP) is 0.0474. The van der Waals surface area contributed by atoms with E-state index in [0.717, 1.165) is 0 Å². The molecular formula is C8H21N3. The zero-order valence-electron chi connectivity index (χ0n) is 7.96. The van der Waals surface area contributed by atoms with Gasteiger partial charge in [-0.15, -0.1) is 0 Å². The smallest absolute Gasteiger partial charge is 0.0191 e. The molecule has 68 valence electrons. The van der Waals surface area contributed by atoms with Crippen LogP contribution in [0.25, 0.3) is 0 Å². The maximum absolute atomic E-state index is 5.68. The average molecular weight is 159 g/mol. The Morgan fingerprint density at radius 1 is 0.818 bits per heavy atom. The number of nitrogens with one attached hydrogen (secondary N) is 1. The van der Waals surface area contributed by atoms with Crippen molar-refractivity contribution in [3.8, 4) is 0 Å². The van der Waals surface area contributed by atoms with Gasteiger partial charge < -0.3 is 16.8 Å². The summed E-state index contributed by atoms with van der Waals surface area (Å²) in [6, 6.07) is 1.01. The first-order valence-electron chi connectivity index (χ1n) is 4.22. The average Bonchev–Trinajstić information content (AvgIpc) is 1.87. The van der Waals surface area contributed by atoms with Gasteiger partial charge in [-0.25, -0.2) is 0 Å². The molecule has 0 saturated heterocycles. The van der Waals surface area contributed by atoms with Gasteiger partial charge in [-0.3, -0.25) is 0 Å². The third-order valence-corrected chi connectivity index (χ3v) is 2.10. The van der Waals surface area contributed by atoms with E-state index >= 15 is 0 Å². The molecule has 0 aliphatic rings. The molecule has 0 saturated carbocycles. The molecule has 0 heterocycles. The lowest BCUT2D eigenvalue weighted by atomic mass is 10.1. The fourth-order valence-corrected chi connectivity index (χ4v) is 0.718. The minimum atomic E-state index is 0.177. The van der Waals surface area contributed by atoms with Crippen molar-refractivity contribution in [3.63, 3.8) is 0 Å². The Kier molecular flexibility index (Phi) is 4.65. The van der Waals surface area contributed by atoms with Gasteiger partial charge in [0.1, 0.15) is 0 Å². The largest absolute Gasteiger partial charge is 0.327 e. The van der Waals surface area contributed by atoms with Gasteiger partial charge in [-0.2, -0.15) is 0 Å². The van der Waals surface area contributed by atoms with E-state index in [4.69, 9.17) is 11.5 Å². The minimum Gasteiger partial charge on any atom is -0.327 e. The van der Waals surface area contributed by atoms with Gasteiger partial charge >= 0.3 is 0 Å². The van der Waals surface area contributed by atoms with Crippen LogP contribution in [-0.4, -0.2) is 24.2 Å². The van der Waals surface area contributed by atoms with E-state index in [1.54, 1.807) is 0 Å². The third-order valence-electron chi connectivity index (χ3n) is 2.10. The second kappa shape index (κ2) is 4.70. The molecule has 0 fully saturated rings. The molecule has 0 aromatic heterocycles. The van der Waals surface area contributed by atoms with Crippen LogP contribution in [-0.2, 0) is 0 Å². The summed E-state index contributed by atoms with van der Waals surface area (Å²) in [5.41, 5.74) is 11.4. The minimum absolute atomic E-state index is 0.177. The second-order valence-electron chi connectivity index (χ2n) is 3.46. The van der Waals surface area contributed by atoms with Crippen molar-refractivity contribution in [2.24, 2.45) is 11.5 Å². The Labute approximate surface area is 69.5 Å². The van der Waals surface area contributed by atoms with Gasteiger partial charge in [0.25, 0.3) is 0 Å². The van der Waals surface area contributed by atoms with Gasteiger partial charge in [0.05, 0.1) is 0 Å². The zero-order valence-corrected chi connectivity index (χ0v) is 7.96. The highest BCUT2D eigenvalue weighted by molar-refractivity contribution is 4.78. The Bertz CT molecular complexity index is 89.5. The van der Waals surface area contributed by atoms with Crippen LogP contribution in [0.4, 0.5) is 0 Å². The molecule has 0 amide bonds. The molecule has 11 heavy (non-hydrogen) atoms. The van der Waals surface area contributed by atoms with Crippen molar-refractivity contribution in [1.29, 1.82) is 0 Å². The van der Waals surface area contributed by atoms with Crippen LogP contribution in [0.2, 0.25) is 0 Å². The van der Waals surface area contributed by atoms with Crippen LogP contribution >= 0.6 is 0 Å². The lowest BCUT2D eigenvalue weighted by molar-refractivity contribution is 0.390. The summed E-state index contributed by atoms with van der Waals surface area (Å²) < 4.78 is 0. The van der Waals surface area contributed by atoms with Crippen LogP contribution in [0.3, 0.4) is 0 Å². The molecule has 4 atom stereocenters. The zero-order chi connectivity index (χ0) is 9.02. The Balaban J connectivity index is 3.66. The highest BCUT2D eigenvalue weighted by Gasteiger charge is 2.12. The van der Waals surface area contributed by atoms with Crippen molar-refractivity contribution in [2.45, 2.75) is 51.9 Å². The molecule has 0 spiro atoms. The van der Waals surface area contributed by atoms with Gasteiger partial charge in [0, 0.05) is 24.2 Å². The van der Waals surface area contributed by atoms with Crippen molar-refractivity contribution in [2.75, 3.05) is 0 Å². The van der Waals surface area contributed by atoms with Gasteiger partial charge in [0.2, 0.25) is 0 Å². The summed E-state index contributed by atoms with van der Waals surface area (Å²) >= 11 is 0. The monoisotopic (exact) mass is 159 g/mol. The van der Waals surface area contributed by atoms with Crippen LogP contribution in [0, 0.1) is 0 Å².